The number of Topliss-reactive ketones (excluding diaryl/α,β-unsaturated/α-hetero) is 1. The molecule has 1 aromatic carbocycles. The minimum Gasteiger partial charge on any atom is -0.447 e. The molecular formula is C13H16BrNO4. The number of alkyl halides is 1. The molecule has 1 amide bonds. The van der Waals surface area contributed by atoms with Crippen LogP contribution in [0.5, 0.6) is 0 Å². The predicted octanol–water partition coefficient (Wildman–Crippen LogP) is 2.85. The Labute approximate surface area is 120 Å². The third kappa shape index (κ3) is 5.85. The average molecular weight is 330 g/mol. The summed E-state index contributed by atoms with van der Waals surface area (Å²) in [6, 6.07) is 6.61. The van der Waals surface area contributed by atoms with Crippen LogP contribution in [0.15, 0.2) is 24.3 Å². The van der Waals surface area contributed by atoms with Crippen molar-refractivity contribution >= 4 is 33.5 Å². The van der Waals surface area contributed by atoms with Gasteiger partial charge in [0.25, 0.3) is 0 Å². The standard InChI is InChI=1S/C13H16BrNO4/c1-2-18-7-8-19-13(17)15-11-5-3-10(4-6-11)12(16)9-14/h3-6H,2,7-9H2,1H3,(H,15,17). The van der Waals surface area contributed by atoms with Gasteiger partial charge in [0.1, 0.15) is 6.61 Å². The van der Waals surface area contributed by atoms with E-state index in [1.165, 1.54) is 0 Å². The highest BCUT2D eigenvalue weighted by molar-refractivity contribution is 9.09. The smallest absolute Gasteiger partial charge is 0.411 e. The van der Waals surface area contributed by atoms with Crippen LogP contribution in [-0.4, -0.2) is 37.0 Å². The molecule has 1 N–H and O–H groups in total. The first-order valence-corrected chi connectivity index (χ1v) is 7.00. The molecule has 5 nitrogen and oxygen atoms in total. The lowest BCUT2D eigenvalue weighted by Gasteiger charge is -2.07. The van der Waals surface area contributed by atoms with E-state index in [1.54, 1.807) is 24.3 Å². The van der Waals surface area contributed by atoms with Crippen molar-refractivity contribution in [2.24, 2.45) is 0 Å². The number of hydrogen-bond acceptors (Lipinski definition) is 4. The summed E-state index contributed by atoms with van der Waals surface area (Å²) < 4.78 is 9.94. The molecule has 0 saturated heterocycles. The molecule has 1 rings (SSSR count). The van der Waals surface area contributed by atoms with Gasteiger partial charge in [-0.05, 0) is 31.2 Å². The molecule has 0 atom stereocenters. The fourth-order valence-corrected chi connectivity index (χ4v) is 1.63. The largest absolute Gasteiger partial charge is 0.447 e. The van der Waals surface area contributed by atoms with Gasteiger partial charge < -0.3 is 9.47 Å². The number of benzene rings is 1. The minimum atomic E-state index is -0.542. The summed E-state index contributed by atoms with van der Waals surface area (Å²) >= 11 is 3.10. The van der Waals surface area contributed by atoms with Crippen LogP contribution >= 0.6 is 15.9 Å². The molecule has 0 spiro atoms. The number of carbonyl (C=O) groups is 2. The van der Waals surface area contributed by atoms with Crippen molar-refractivity contribution in [3.63, 3.8) is 0 Å². The second-order valence-corrected chi connectivity index (χ2v) is 4.15. The number of anilines is 1. The van der Waals surface area contributed by atoms with Gasteiger partial charge in [-0.1, -0.05) is 15.9 Å². The van der Waals surface area contributed by atoms with Crippen molar-refractivity contribution in [3.8, 4) is 0 Å². The fourth-order valence-electron chi connectivity index (χ4n) is 1.31. The van der Waals surface area contributed by atoms with E-state index in [-0.39, 0.29) is 17.7 Å². The van der Waals surface area contributed by atoms with Gasteiger partial charge in [-0.15, -0.1) is 0 Å². The highest BCUT2D eigenvalue weighted by Gasteiger charge is 2.05. The zero-order valence-corrected chi connectivity index (χ0v) is 12.2. The van der Waals surface area contributed by atoms with Gasteiger partial charge in [0.15, 0.2) is 5.78 Å². The lowest BCUT2D eigenvalue weighted by atomic mass is 10.1. The van der Waals surface area contributed by atoms with Crippen molar-refractivity contribution in [1.82, 2.24) is 0 Å². The van der Waals surface area contributed by atoms with Crippen LogP contribution in [0.2, 0.25) is 0 Å². The molecule has 0 unspecified atom stereocenters. The monoisotopic (exact) mass is 329 g/mol. The molecule has 0 aromatic heterocycles. The Balaban J connectivity index is 2.40. The van der Waals surface area contributed by atoms with Crippen LogP contribution in [-0.2, 0) is 9.47 Å². The summed E-state index contributed by atoms with van der Waals surface area (Å²) in [7, 11) is 0. The normalized spacial score (nSPS) is 10.0. The maximum atomic E-state index is 11.4. The average Bonchev–Trinajstić information content (AvgIpc) is 2.43. The summed E-state index contributed by atoms with van der Waals surface area (Å²) in [5, 5.41) is 2.84. The molecule has 0 radical (unpaired) electrons. The number of ketones is 1. The second kappa shape index (κ2) is 8.66. The Morgan fingerprint density at radius 1 is 1.21 bits per heavy atom. The van der Waals surface area contributed by atoms with Crippen molar-refractivity contribution in [1.29, 1.82) is 0 Å². The minimum absolute atomic E-state index is 0.00848. The Hall–Kier alpha value is -1.40. The van der Waals surface area contributed by atoms with E-state index in [1.807, 2.05) is 6.92 Å². The fraction of sp³-hybridized carbons (Fsp3) is 0.385. The van der Waals surface area contributed by atoms with Crippen LogP contribution in [0.1, 0.15) is 17.3 Å². The highest BCUT2D eigenvalue weighted by atomic mass is 79.9. The molecule has 0 saturated carbocycles. The summed E-state index contributed by atoms with van der Waals surface area (Å²) in [6.07, 6.45) is -0.542. The molecule has 0 bridgehead atoms. The van der Waals surface area contributed by atoms with E-state index in [4.69, 9.17) is 9.47 Å². The van der Waals surface area contributed by atoms with Gasteiger partial charge >= 0.3 is 6.09 Å². The molecule has 0 fully saturated rings. The van der Waals surface area contributed by atoms with Crippen LogP contribution in [0, 0.1) is 0 Å². The first kappa shape index (κ1) is 15.7. The number of amides is 1. The van der Waals surface area contributed by atoms with Gasteiger partial charge in [0.2, 0.25) is 0 Å². The second-order valence-electron chi connectivity index (χ2n) is 3.59. The zero-order valence-electron chi connectivity index (χ0n) is 10.6. The summed E-state index contributed by atoms with van der Waals surface area (Å²) in [6.45, 7) is 3.05. The predicted molar refractivity (Wildman–Crippen MR) is 76.0 cm³/mol. The third-order valence-corrected chi connectivity index (χ3v) is 2.75. The first-order chi connectivity index (χ1) is 9.17. The number of hydrogen-bond donors (Lipinski definition) is 1. The third-order valence-electron chi connectivity index (χ3n) is 2.24. The Bertz CT molecular complexity index is 419. The van der Waals surface area contributed by atoms with E-state index in [0.29, 0.717) is 24.5 Å². The highest BCUT2D eigenvalue weighted by Crippen LogP contribution is 2.11. The molecule has 1 aromatic rings. The first-order valence-electron chi connectivity index (χ1n) is 5.88. The number of carbonyl (C=O) groups excluding carboxylic acids is 2. The van der Waals surface area contributed by atoms with Gasteiger partial charge in [-0.3, -0.25) is 10.1 Å². The van der Waals surface area contributed by atoms with E-state index < -0.39 is 6.09 Å². The van der Waals surface area contributed by atoms with Crippen molar-refractivity contribution < 1.29 is 19.1 Å². The van der Waals surface area contributed by atoms with E-state index >= 15 is 0 Å². The Morgan fingerprint density at radius 2 is 1.89 bits per heavy atom. The quantitative estimate of drug-likeness (QED) is 0.474. The zero-order chi connectivity index (χ0) is 14.1. The summed E-state index contributed by atoms with van der Waals surface area (Å²) in [5.74, 6) is -0.00848. The van der Waals surface area contributed by atoms with E-state index in [9.17, 15) is 9.59 Å². The molecular weight excluding hydrogens is 314 g/mol. The van der Waals surface area contributed by atoms with Gasteiger partial charge in [-0.2, -0.15) is 0 Å². The van der Waals surface area contributed by atoms with E-state index in [2.05, 4.69) is 21.2 Å². The number of nitrogens with one attached hydrogen (secondary N) is 1. The van der Waals surface area contributed by atoms with Crippen LogP contribution in [0.4, 0.5) is 10.5 Å². The van der Waals surface area contributed by atoms with Crippen LogP contribution in [0.3, 0.4) is 0 Å². The van der Waals surface area contributed by atoms with E-state index in [0.717, 1.165) is 0 Å². The Morgan fingerprint density at radius 3 is 2.47 bits per heavy atom. The van der Waals surface area contributed by atoms with Crippen molar-refractivity contribution in [2.75, 3.05) is 30.5 Å². The SMILES string of the molecule is CCOCCOC(=O)Nc1ccc(C(=O)CBr)cc1. The van der Waals surface area contributed by atoms with Crippen LogP contribution < -0.4 is 5.32 Å². The molecule has 0 aliphatic rings. The maximum absolute atomic E-state index is 11.4. The molecule has 19 heavy (non-hydrogen) atoms. The van der Waals surface area contributed by atoms with Gasteiger partial charge in [0, 0.05) is 17.9 Å². The van der Waals surface area contributed by atoms with Crippen LogP contribution in [0.25, 0.3) is 0 Å². The van der Waals surface area contributed by atoms with Crippen molar-refractivity contribution in [3.05, 3.63) is 29.8 Å². The molecule has 0 aliphatic carbocycles. The van der Waals surface area contributed by atoms with Gasteiger partial charge in [-0.25, -0.2) is 4.79 Å². The topological polar surface area (TPSA) is 64.6 Å². The molecule has 6 heteroatoms. The van der Waals surface area contributed by atoms with Crippen molar-refractivity contribution in [2.45, 2.75) is 6.92 Å². The molecule has 0 heterocycles. The number of rotatable bonds is 7. The number of halogens is 1. The maximum Gasteiger partial charge on any atom is 0.411 e. The number of ether oxygens (including phenoxy) is 2. The molecule has 104 valence electrons. The lowest BCUT2D eigenvalue weighted by Crippen LogP contribution is -2.16. The lowest BCUT2D eigenvalue weighted by molar-refractivity contribution is 0.0850. The van der Waals surface area contributed by atoms with Gasteiger partial charge in [0.05, 0.1) is 11.9 Å². The Kier molecular flexibility index (Phi) is 7.14. The summed E-state index contributed by atoms with van der Waals surface area (Å²) in [4.78, 5) is 22.8. The summed E-state index contributed by atoms with van der Waals surface area (Å²) in [5.41, 5.74) is 1.17. The molecule has 0 aliphatic heterocycles.